The normalized spacial score (nSPS) is 16.3. The number of allylic oxidation sites excluding steroid dienone is 1. The van der Waals surface area contributed by atoms with Crippen LogP contribution in [0.15, 0.2) is 58.8 Å². The molecule has 4 rings (SSSR count). The zero-order valence-corrected chi connectivity index (χ0v) is 18.3. The van der Waals surface area contributed by atoms with E-state index in [4.69, 9.17) is 9.26 Å². The SMILES string of the molecule is CCOCCCN1C(=O)NC(c2ccc(F)cc2)C(c2nc(-c3cccc(F)c3)no2)=C1C. The van der Waals surface area contributed by atoms with Gasteiger partial charge < -0.3 is 14.6 Å². The lowest BCUT2D eigenvalue weighted by Crippen LogP contribution is -2.46. The molecule has 2 amide bonds. The van der Waals surface area contributed by atoms with Gasteiger partial charge in [0, 0.05) is 31.0 Å². The first kappa shape index (κ1) is 22.6. The van der Waals surface area contributed by atoms with Gasteiger partial charge in [0.15, 0.2) is 0 Å². The molecule has 0 bridgehead atoms. The van der Waals surface area contributed by atoms with Crippen molar-refractivity contribution in [2.24, 2.45) is 0 Å². The van der Waals surface area contributed by atoms with Gasteiger partial charge in [0.1, 0.15) is 11.6 Å². The van der Waals surface area contributed by atoms with E-state index >= 15 is 0 Å². The number of halogens is 2. The lowest BCUT2D eigenvalue weighted by Gasteiger charge is -2.35. The summed E-state index contributed by atoms with van der Waals surface area (Å²) in [7, 11) is 0. The molecule has 0 saturated heterocycles. The van der Waals surface area contributed by atoms with Crippen molar-refractivity contribution in [3.63, 3.8) is 0 Å². The molecule has 0 fully saturated rings. The number of urea groups is 1. The Balaban J connectivity index is 1.74. The Morgan fingerprint density at radius 2 is 1.94 bits per heavy atom. The van der Waals surface area contributed by atoms with E-state index in [0.29, 0.717) is 48.6 Å². The molecule has 1 unspecified atom stereocenters. The summed E-state index contributed by atoms with van der Waals surface area (Å²) in [6.45, 7) is 5.27. The highest BCUT2D eigenvalue weighted by molar-refractivity contribution is 5.86. The zero-order valence-electron chi connectivity index (χ0n) is 18.3. The summed E-state index contributed by atoms with van der Waals surface area (Å²) in [6.07, 6.45) is 0.644. The maximum atomic E-state index is 13.7. The second-order valence-corrected chi connectivity index (χ2v) is 7.57. The summed E-state index contributed by atoms with van der Waals surface area (Å²) < 4.78 is 38.1. The number of nitrogens with one attached hydrogen (secondary N) is 1. The van der Waals surface area contributed by atoms with Crippen LogP contribution in [0, 0.1) is 11.6 Å². The van der Waals surface area contributed by atoms with E-state index in [-0.39, 0.29) is 23.6 Å². The Hall–Kier alpha value is -3.59. The Labute approximate surface area is 190 Å². The first-order chi connectivity index (χ1) is 16.0. The smallest absolute Gasteiger partial charge is 0.322 e. The average Bonchev–Trinajstić information content (AvgIpc) is 3.28. The molecule has 7 nitrogen and oxygen atoms in total. The van der Waals surface area contributed by atoms with E-state index in [1.165, 1.54) is 24.3 Å². The molecule has 1 N–H and O–H groups in total. The minimum atomic E-state index is -0.623. The van der Waals surface area contributed by atoms with Gasteiger partial charge in [0.25, 0.3) is 5.89 Å². The van der Waals surface area contributed by atoms with Gasteiger partial charge in [-0.25, -0.2) is 13.6 Å². The van der Waals surface area contributed by atoms with E-state index < -0.39 is 11.9 Å². The van der Waals surface area contributed by atoms with Crippen LogP contribution >= 0.6 is 0 Å². The zero-order chi connectivity index (χ0) is 23.4. The summed E-state index contributed by atoms with van der Waals surface area (Å²) in [5.41, 5.74) is 2.36. The molecule has 172 valence electrons. The molecule has 2 heterocycles. The quantitative estimate of drug-likeness (QED) is 0.488. The first-order valence-electron chi connectivity index (χ1n) is 10.7. The molecule has 0 saturated carbocycles. The van der Waals surface area contributed by atoms with E-state index in [1.807, 2.05) is 6.92 Å². The van der Waals surface area contributed by atoms with Gasteiger partial charge in [-0.3, -0.25) is 4.90 Å². The van der Waals surface area contributed by atoms with Crippen LogP contribution in [-0.2, 0) is 4.74 Å². The number of aromatic nitrogens is 2. The van der Waals surface area contributed by atoms with Crippen LogP contribution in [0.2, 0.25) is 0 Å². The van der Waals surface area contributed by atoms with Gasteiger partial charge in [0.05, 0.1) is 11.6 Å². The minimum Gasteiger partial charge on any atom is -0.382 e. The molecule has 9 heteroatoms. The number of carbonyl (C=O) groups excluding carboxylic acids is 1. The Morgan fingerprint density at radius 1 is 1.15 bits per heavy atom. The van der Waals surface area contributed by atoms with Crippen molar-refractivity contribution in [1.82, 2.24) is 20.4 Å². The fraction of sp³-hybridized carbons (Fsp3) is 0.292. The Bertz CT molecular complexity index is 1160. The van der Waals surface area contributed by atoms with Gasteiger partial charge in [-0.05, 0) is 50.1 Å². The van der Waals surface area contributed by atoms with Crippen LogP contribution in [0.3, 0.4) is 0 Å². The first-order valence-corrected chi connectivity index (χ1v) is 10.7. The summed E-state index contributed by atoms with van der Waals surface area (Å²) in [4.78, 5) is 19.0. The Morgan fingerprint density at radius 3 is 2.67 bits per heavy atom. The molecule has 1 aliphatic heterocycles. The van der Waals surface area contributed by atoms with Gasteiger partial charge in [-0.15, -0.1) is 0 Å². The fourth-order valence-corrected chi connectivity index (χ4v) is 3.78. The van der Waals surface area contributed by atoms with Crippen molar-refractivity contribution >= 4 is 11.6 Å². The molecule has 1 aromatic heterocycles. The molecule has 0 radical (unpaired) electrons. The summed E-state index contributed by atoms with van der Waals surface area (Å²) >= 11 is 0. The highest BCUT2D eigenvalue weighted by Gasteiger charge is 2.35. The third-order valence-corrected chi connectivity index (χ3v) is 5.41. The second kappa shape index (κ2) is 9.91. The van der Waals surface area contributed by atoms with Crippen LogP contribution in [-0.4, -0.2) is 40.8 Å². The molecule has 1 aliphatic rings. The van der Waals surface area contributed by atoms with Crippen LogP contribution in [0.5, 0.6) is 0 Å². The van der Waals surface area contributed by atoms with Gasteiger partial charge >= 0.3 is 6.03 Å². The van der Waals surface area contributed by atoms with Crippen LogP contribution in [0.25, 0.3) is 17.0 Å². The number of nitrogens with zero attached hydrogens (tertiary/aromatic N) is 3. The van der Waals surface area contributed by atoms with Crippen molar-refractivity contribution in [2.75, 3.05) is 19.8 Å². The molecule has 1 atom stereocenters. The number of benzene rings is 2. The van der Waals surface area contributed by atoms with E-state index in [2.05, 4.69) is 15.5 Å². The van der Waals surface area contributed by atoms with Crippen molar-refractivity contribution in [2.45, 2.75) is 26.3 Å². The second-order valence-electron chi connectivity index (χ2n) is 7.57. The van der Waals surface area contributed by atoms with Crippen molar-refractivity contribution in [3.8, 4) is 11.4 Å². The van der Waals surface area contributed by atoms with Crippen molar-refractivity contribution in [1.29, 1.82) is 0 Å². The average molecular weight is 454 g/mol. The molecular formula is C24H24F2N4O3. The van der Waals surface area contributed by atoms with E-state index in [1.54, 1.807) is 36.1 Å². The molecule has 0 spiro atoms. The monoisotopic (exact) mass is 454 g/mol. The number of amides is 2. The van der Waals surface area contributed by atoms with Crippen LogP contribution < -0.4 is 5.32 Å². The maximum absolute atomic E-state index is 13.7. The summed E-state index contributed by atoms with van der Waals surface area (Å²) in [6, 6.07) is 10.8. The largest absolute Gasteiger partial charge is 0.382 e. The number of rotatable bonds is 8. The number of hydrogen-bond acceptors (Lipinski definition) is 5. The lowest BCUT2D eigenvalue weighted by molar-refractivity contribution is 0.136. The molecule has 33 heavy (non-hydrogen) atoms. The molecular weight excluding hydrogens is 430 g/mol. The van der Waals surface area contributed by atoms with Gasteiger partial charge in [-0.2, -0.15) is 4.98 Å². The third-order valence-electron chi connectivity index (χ3n) is 5.41. The van der Waals surface area contributed by atoms with Gasteiger partial charge in [-0.1, -0.05) is 29.4 Å². The highest BCUT2D eigenvalue weighted by atomic mass is 19.1. The molecule has 2 aromatic carbocycles. The predicted octanol–water partition coefficient (Wildman–Crippen LogP) is 4.94. The molecule has 3 aromatic rings. The lowest BCUT2D eigenvalue weighted by atomic mass is 9.94. The van der Waals surface area contributed by atoms with E-state index in [0.717, 1.165) is 0 Å². The highest BCUT2D eigenvalue weighted by Crippen LogP contribution is 2.37. The number of ether oxygens (including phenoxy) is 1. The van der Waals surface area contributed by atoms with Gasteiger partial charge in [0.2, 0.25) is 5.82 Å². The maximum Gasteiger partial charge on any atom is 0.322 e. The van der Waals surface area contributed by atoms with Crippen LogP contribution in [0.1, 0.15) is 37.8 Å². The van der Waals surface area contributed by atoms with Crippen molar-refractivity contribution in [3.05, 3.63) is 77.3 Å². The summed E-state index contributed by atoms with van der Waals surface area (Å²) in [5.74, 6) is -0.381. The topological polar surface area (TPSA) is 80.5 Å². The van der Waals surface area contributed by atoms with E-state index in [9.17, 15) is 13.6 Å². The Kier molecular flexibility index (Phi) is 6.79. The molecule has 0 aliphatic carbocycles. The fourth-order valence-electron chi connectivity index (χ4n) is 3.78. The summed E-state index contributed by atoms with van der Waals surface area (Å²) in [5, 5.41) is 6.97. The predicted molar refractivity (Wildman–Crippen MR) is 118 cm³/mol. The van der Waals surface area contributed by atoms with Crippen molar-refractivity contribution < 1.29 is 22.8 Å². The number of carbonyl (C=O) groups is 1. The number of hydrogen-bond donors (Lipinski definition) is 1. The van der Waals surface area contributed by atoms with Crippen LogP contribution in [0.4, 0.5) is 13.6 Å². The third kappa shape index (κ3) is 4.93. The standard InChI is InChI=1S/C24H24F2N4O3/c1-3-32-13-5-12-30-15(2)20(21(27-24(30)31)16-8-10-18(25)11-9-16)23-28-22(29-33-23)17-6-4-7-19(26)14-17/h4,6-11,14,21H,3,5,12-13H2,1-2H3,(H,27,31). The minimum absolute atomic E-state index is 0.191.